The summed E-state index contributed by atoms with van der Waals surface area (Å²) in [4.78, 5) is 18.4. The molecule has 138 valence electrons. The number of hydrogen-bond donors (Lipinski definition) is 1. The van der Waals surface area contributed by atoms with E-state index in [1.807, 2.05) is 0 Å². The normalized spacial score (nSPS) is 22.0. The van der Waals surface area contributed by atoms with Crippen LogP contribution in [0.5, 0.6) is 5.88 Å². The van der Waals surface area contributed by atoms with Gasteiger partial charge in [0.2, 0.25) is 15.9 Å². The number of amides is 1. The van der Waals surface area contributed by atoms with Crippen LogP contribution in [0, 0.1) is 5.92 Å². The molecule has 2 aliphatic heterocycles. The van der Waals surface area contributed by atoms with Gasteiger partial charge in [-0.3, -0.25) is 4.79 Å². The number of ether oxygens (including phenoxy) is 2. The number of nitrogens with one attached hydrogen (secondary N) is 1. The first-order valence-electron chi connectivity index (χ1n) is 8.21. The van der Waals surface area contributed by atoms with Gasteiger partial charge in [0.25, 0.3) is 5.91 Å². The number of carbonyl (C=O) groups is 1. The van der Waals surface area contributed by atoms with Crippen molar-refractivity contribution in [2.24, 2.45) is 5.92 Å². The van der Waals surface area contributed by atoms with Crippen LogP contribution in [0.4, 0.5) is 0 Å². The van der Waals surface area contributed by atoms with Gasteiger partial charge in [-0.15, -0.1) is 0 Å². The number of rotatable bonds is 6. The zero-order chi connectivity index (χ0) is 18.1. The third-order valence-corrected chi connectivity index (χ3v) is 5.58. The average molecular weight is 369 g/mol. The number of likely N-dealkylation sites (tertiary alicyclic amines) is 1. The van der Waals surface area contributed by atoms with Crippen molar-refractivity contribution >= 4 is 15.9 Å². The van der Waals surface area contributed by atoms with Gasteiger partial charge in [-0.25, -0.2) is 18.1 Å². The van der Waals surface area contributed by atoms with Crippen LogP contribution in [-0.2, 0) is 14.8 Å². The number of hydrogen-bond acceptors (Lipinski definition) is 6. The minimum atomic E-state index is -3.19. The summed E-state index contributed by atoms with van der Waals surface area (Å²) in [6.07, 6.45) is 4.31. The van der Waals surface area contributed by atoms with Crippen molar-refractivity contribution in [1.82, 2.24) is 14.6 Å². The summed E-state index contributed by atoms with van der Waals surface area (Å²) in [5, 5.41) is 0. The highest BCUT2D eigenvalue weighted by Crippen LogP contribution is 2.42. The molecule has 0 radical (unpaired) electrons. The molecule has 3 heterocycles. The smallest absolute Gasteiger partial charge is 0.259 e. The molecule has 1 aromatic heterocycles. The molecule has 1 spiro atoms. The molecule has 0 saturated carbocycles. The maximum atomic E-state index is 12.7. The monoisotopic (exact) mass is 369 g/mol. The van der Waals surface area contributed by atoms with Gasteiger partial charge >= 0.3 is 0 Å². The maximum Gasteiger partial charge on any atom is 0.259 e. The van der Waals surface area contributed by atoms with E-state index in [1.54, 1.807) is 23.2 Å². The molecule has 0 bridgehead atoms. The zero-order valence-corrected chi connectivity index (χ0v) is 15.2. The van der Waals surface area contributed by atoms with E-state index in [-0.39, 0.29) is 17.4 Å². The molecule has 2 aliphatic rings. The lowest BCUT2D eigenvalue weighted by Gasteiger charge is -2.50. The van der Waals surface area contributed by atoms with Crippen molar-refractivity contribution in [2.45, 2.75) is 18.4 Å². The first-order valence-corrected chi connectivity index (χ1v) is 10.1. The number of carbonyl (C=O) groups excluding carboxylic acids is 1. The number of aromatic nitrogens is 1. The van der Waals surface area contributed by atoms with Crippen LogP contribution in [0.1, 0.15) is 23.2 Å². The van der Waals surface area contributed by atoms with Gasteiger partial charge in [0.1, 0.15) is 11.2 Å². The molecule has 2 saturated heterocycles. The second kappa shape index (κ2) is 6.89. The quantitative estimate of drug-likeness (QED) is 0.772. The molecule has 3 rings (SSSR count). The van der Waals surface area contributed by atoms with Crippen molar-refractivity contribution in [1.29, 1.82) is 0 Å². The van der Waals surface area contributed by atoms with E-state index in [1.165, 1.54) is 7.11 Å². The fourth-order valence-electron chi connectivity index (χ4n) is 3.59. The van der Waals surface area contributed by atoms with Crippen molar-refractivity contribution < 1.29 is 22.7 Å². The van der Waals surface area contributed by atoms with Gasteiger partial charge in [0.15, 0.2) is 0 Å². The summed E-state index contributed by atoms with van der Waals surface area (Å²) < 4.78 is 36.0. The lowest BCUT2D eigenvalue weighted by Crippen LogP contribution is -2.66. The van der Waals surface area contributed by atoms with E-state index < -0.39 is 10.0 Å². The topological polar surface area (TPSA) is 97.8 Å². The molecule has 1 amide bonds. The molecule has 0 aromatic carbocycles. The Labute approximate surface area is 147 Å². The van der Waals surface area contributed by atoms with Crippen molar-refractivity contribution in [3.05, 3.63) is 23.9 Å². The molecule has 9 heteroatoms. The third-order valence-electron chi connectivity index (χ3n) is 4.86. The predicted molar refractivity (Wildman–Crippen MR) is 90.9 cm³/mol. The summed E-state index contributed by atoms with van der Waals surface area (Å²) in [5.74, 6) is 0.426. The van der Waals surface area contributed by atoms with E-state index in [0.717, 1.165) is 12.7 Å². The average Bonchev–Trinajstić information content (AvgIpc) is 2.95. The number of methoxy groups -OCH3 is 1. The molecule has 2 fully saturated rings. The molecular weight excluding hydrogens is 346 g/mol. The van der Waals surface area contributed by atoms with Gasteiger partial charge in [-0.05, 0) is 30.9 Å². The number of sulfonamides is 1. The summed E-state index contributed by atoms with van der Waals surface area (Å²) in [6, 6.07) is 3.40. The highest BCUT2D eigenvalue weighted by molar-refractivity contribution is 7.88. The summed E-state index contributed by atoms with van der Waals surface area (Å²) >= 11 is 0. The van der Waals surface area contributed by atoms with Crippen molar-refractivity contribution in [3.63, 3.8) is 0 Å². The van der Waals surface area contributed by atoms with Gasteiger partial charge in [0.05, 0.1) is 26.5 Å². The molecule has 1 aromatic rings. The lowest BCUT2D eigenvalue weighted by atomic mass is 9.78. The fraction of sp³-hybridized carbons (Fsp3) is 0.625. The Morgan fingerprint density at radius 3 is 2.96 bits per heavy atom. The maximum absolute atomic E-state index is 12.7. The molecule has 0 aliphatic carbocycles. The van der Waals surface area contributed by atoms with Crippen LogP contribution in [0.25, 0.3) is 0 Å². The van der Waals surface area contributed by atoms with E-state index in [9.17, 15) is 13.2 Å². The molecule has 8 nitrogen and oxygen atoms in total. The van der Waals surface area contributed by atoms with Gasteiger partial charge in [-0.2, -0.15) is 0 Å². The summed E-state index contributed by atoms with van der Waals surface area (Å²) in [5.41, 5.74) is 0.0812. The molecular formula is C16H23N3O5S. The largest absolute Gasteiger partial charge is 0.480 e. The van der Waals surface area contributed by atoms with Gasteiger partial charge in [0, 0.05) is 19.3 Å². The van der Waals surface area contributed by atoms with E-state index in [4.69, 9.17) is 9.47 Å². The van der Waals surface area contributed by atoms with Crippen LogP contribution >= 0.6 is 0 Å². The summed E-state index contributed by atoms with van der Waals surface area (Å²) in [7, 11) is -1.70. The Morgan fingerprint density at radius 1 is 1.52 bits per heavy atom. The number of nitrogens with zero attached hydrogens (tertiary/aromatic N) is 2. The van der Waals surface area contributed by atoms with Crippen molar-refractivity contribution in [3.8, 4) is 5.88 Å². The minimum Gasteiger partial charge on any atom is -0.480 e. The highest BCUT2D eigenvalue weighted by atomic mass is 32.2. The Kier molecular flexibility index (Phi) is 4.99. The van der Waals surface area contributed by atoms with Crippen LogP contribution < -0.4 is 9.46 Å². The van der Waals surface area contributed by atoms with Crippen LogP contribution in [-0.4, -0.2) is 69.4 Å². The van der Waals surface area contributed by atoms with Crippen LogP contribution in [0.2, 0.25) is 0 Å². The zero-order valence-electron chi connectivity index (χ0n) is 14.4. The van der Waals surface area contributed by atoms with Gasteiger partial charge < -0.3 is 14.4 Å². The third kappa shape index (κ3) is 3.78. The second-order valence-corrected chi connectivity index (χ2v) is 8.41. The Bertz CT molecular complexity index is 746. The SMILES string of the molecule is COc1ncccc1C(=O)N1CC2(C1)OCC[C@@H]2CCNS(C)(=O)=O. The standard InChI is InChI=1S/C16H23N3O5S/c1-23-14-13(4-3-7-17-14)15(20)19-10-16(11-19)12(6-9-24-16)5-8-18-25(2,21)22/h3-4,7,12,18H,5-6,8-11H2,1-2H3/t12-/m0/s1. The molecule has 0 unspecified atom stereocenters. The summed E-state index contributed by atoms with van der Waals surface area (Å²) in [6.45, 7) is 2.04. The van der Waals surface area contributed by atoms with Crippen LogP contribution in [0.15, 0.2) is 18.3 Å². The second-order valence-electron chi connectivity index (χ2n) is 6.58. The Morgan fingerprint density at radius 2 is 2.28 bits per heavy atom. The van der Waals surface area contributed by atoms with E-state index >= 15 is 0 Å². The highest BCUT2D eigenvalue weighted by Gasteiger charge is 2.54. The van der Waals surface area contributed by atoms with E-state index in [2.05, 4.69) is 9.71 Å². The first kappa shape index (κ1) is 18.1. The molecule has 1 atom stereocenters. The van der Waals surface area contributed by atoms with Crippen LogP contribution in [0.3, 0.4) is 0 Å². The number of pyridine rings is 1. The molecule has 1 N–H and O–H groups in total. The van der Waals surface area contributed by atoms with E-state index in [0.29, 0.717) is 44.1 Å². The minimum absolute atomic E-state index is 0.126. The lowest BCUT2D eigenvalue weighted by molar-refractivity contribution is -0.117. The van der Waals surface area contributed by atoms with Gasteiger partial charge in [-0.1, -0.05) is 0 Å². The predicted octanol–water partition coefficient (Wildman–Crippen LogP) is 0.261. The fourth-order valence-corrected chi connectivity index (χ4v) is 4.08. The Hall–Kier alpha value is -1.71. The first-order chi connectivity index (χ1) is 11.8. The Balaban J connectivity index is 1.60. The van der Waals surface area contributed by atoms with Crippen molar-refractivity contribution in [2.75, 3.05) is 39.6 Å². The molecule has 25 heavy (non-hydrogen) atoms.